The number of aromatic hydroxyl groups is 1. The van der Waals surface area contributed by atoms with E-state index in [9.17, 15) is 9.90 Å². The largest absolute Gasteiger partial charge is 0.507 e. The number of hydrogen-bond acceptors (Lipinski definition) is 2. The molecule has 0 fully saturated rings. The van der Waals surface area contributed by atoms with E-state index >= 15 is 0 Å². The monoisotopic (exact) mass is 424 g/mol. The van der Waals surface area contributed by atoms with Gasteiger partial charge in [0, 0.05) is 16.7 Å². The van der Waals surface area contributed by atoms with E-state index in [2.05, 4.69) is 108 Å². The summed E-state index contributed by atoms with van der Waals surface area (Å²) in [4.78, 5) is 13.8. The zero-order valence-electron chi connectivity index (χ0n) is 22.2. The molecular formula is C29H44O2. The number of benzene rings is 1. The number of ketones is 1. The summed E-state index contributed by atoms with van der Waals surface area (Å²) in [5.41, 5.74) is 5.23. The Morgan fingerprint density at radius 3 is 1.48 bits per heavy atom. The van der Waals surface area contributed by atoms with Crippen molar-refractivity contribution in [3.63, 3.8) is 0 Å². The van der Waals surface area contributed by atoms with Gasteiger partial charge in [-0.05, 0) is 57.4 Å². The van der Waals surface area contributed by atoms with Gasteiger partial charge in [-0.1, -0.05) is 89.2 Å². The lowest BCUT2D eigenvalue weighted by molar-refractivity contribution is -0.121. The summed E-state index contributed by atoms with van der Waals surface area (Å²) >= 11 is 0. The highest BCUT2D eigenvalue weighted by Gasteiger charge is 2.42. The van der Waals surface area contributed by atoms with Crippen molar-refractivity contribution in [1.29, 1.82) is 0 Å². The number of carbonyl (C=O) groups excluding carboxylic acids is 1. The minimum Gasteiger partial charge on any atom is -0.507 e. The summed E-state index contributed by atoms with van der Waals surface area (Å²) in [6, 6.07) is 4.23. The van der Waals surface area contributed by atoms with Gasteiger partial charge in [0.05, 0.1) is 5.92 Å². The zero-order chi connectivity index (χ0) is 24.3. The van der Waals surface area contributed by atoms with Gasteiger partial charge < -0.3 is 5.11 Å². The highest BCUT2D eigenvalue weighted by molar-refractivity contribution is 6.09. The third kappa shape index (κ3) is 4.99. The van der Waals surface area contributed by atoms with Gasteiger partial charge in [-0.2, -0.15) is 0 Å². The standard InChI is InChI=1S/C29H44O2/c1-17-14-19(26(2,3)4)25(31)23(29(11,12)13)22(17)18-15-20(27(5,6)7)24(30)21(16-18)28(8,9)10/h14-16,23,30H,1-13H3. The van der Waals surface area contributed by atoms with Gasteiger partial charge >= 0.3 is 0 Å². The fraction of sp³-hybridized carbons (Fsp3) is 0.621. The van der Waals surface area contributed by atoms with E-state index < -0.39 is 0 Å². The molecule has 2 nitrogen and oxygen atoms in total. The lowest BCUT2D eigenvalue weighted by Crippen LogP contribution is -2.36. The van der Waals surface area contributed by atoms with Crippen LogP contribution in [-0.2, 0) is 15.6 Å². The average molecular weight is 425 g/mol. The highest BCUT2D eigenvalue weighted by atomic mass is 16.3. The lowest BCUT2D eigenvalue weighted by Gasteiger charge is -2.39. The fourth-order valence-electron chi connectivity index (χ4n) is 4.62. The Labute approximate surface area is 190 Å². The quantitative estimate of drug-likeness (QED) is 0.496. The van der Waals surface area contributed by atoms with Crippen molar-refractivity contribution in [2.24, 2.45) is 16.7 Å². The molecule has 0 amide bonds. The Hall–Kier alpha value is -1.83. The first-order valence-corrected chi connectivity index (χ1v) is 11.5. The molecule has 1 unspecified atom stereocenters. The fourth-order valence-corrected chi connectivity index (χ4v) is 4.62. The third-order valence-corrected chi connectivity index (χ3v) is 6.31. The van der Waals surface area contributed by atoms with Gasteiger partial charge in [-0.15, -0.1) is 0 Å². The molecule has 2 rings (SSSR count). The van der Waals surface area contributed by atoms with E-state index in [1.54, 1.807) is 0 Å². The van der Waals surface area contributed by atoms with Gasteiger partial charge in [0.15, 0.2) is 5.78 Å². The Bertz CT molecular complexity index is 907. The van der Waals surface area contributed by atoms with Gasteiger partial charge in [0.2, 0.25) is 0 Å². The smallest absolute Gasteiger partial charge is 0.167 e. The summed E-state index contributed by atoms with van der Waals surface area (Å²) in [6.07, 6.45) is 2.10. The predicted molar refractivity (Wildman–Crippen MR) is 134 cm³/mol. The molecular weight excluding hydrogens is 380 g/mol. The number of Topliss-reactive ketones (excluding diaryl/α,β-unsaturated/α-hetero) is 1. The number of phenolic OH excluding ortho intramolecular Hbond substituents is 1. The molecule has 1 aliphatic rings. The van der Waals surface area contributed by atoms with Crippen molar-refractivity contribution < 1.29 is 9.90 Å². The lowest BCUT2D eigenvalue weighted by atomic mass is 9.63. The Kier molecular flexibility index (Phi) is 6.27. The summed E-state index contributed by atoms with van der Waals surface area (Å²) in [5, 5.41) is 11.2. The maximum absolute atomic E-state index is 13.8. The SMILES string of the molecule is CC1=C(c2cc(C(C)(C)C)c(O)c(C(C)(C)C)c2)C(C(C)(C)C)C(=O)C(C(C)(C)C)=C1. The Morgan fingerprint density at radius 1 is 0.742 bits per heavy atom. The molecule has 2 heteroatoms. The number of carbonyl (C=O) groups is 1. The minimum absolute atomic E-state index is 0.199. The summed E-state index contributed by atoms with van der Waals surface area (Å²) < 4.78 is 0. The van der Waals surface area contributed by atoms with Gasteiger partial charge in [0.25, 0.3) is 0 Å². The molecule has 1 aromatic carbocycles. The highest BCUT2D eigenvalue weighted by Crippen LogP contribution is 2.49. The second-order valence-electron chi connectivity index (χ2n) is 13.5. The maximum atomic E-state index is 13.8. The van der Waals surface area contributed by atoms with Crippen molar-refractivity contribution in [3.05, 3.63) is 46.0 Å². The summed E-state index contributed by atoms with van der Waals surface area (Å²) in [7, 11) is 0. The number of hydrogen-bond donors (Lipinski definition) is 1. The van der Waals surface area contributed by atoms with Gasteiger partial charge in [-0.3, -0.25) is 4.79 Å². The van der Waals surface area contributed by atoms with E-state index in [4.69, 9.17) is 0 Å². The van der Waals surface area contributed by atoms with Crippen LogP contribution in [0.2, 0.25) is 0 Å². The van der Waals surface area contributed by atoms with Crippen LogP contribution in [0.3, 0.4) is 0 Å². The first kappa shape index (κ1) is 25.4. The summed E-state index contributed by atoms with van der Waals surface area (Å²) in [5.74, 6) is 0.377. The van der Waals surface area contributed by atoms with Crippen LogP contribution in [0.25, 0.3) is 5.57 Å². The number of rotatable bonds is 1. The normalized spacial score (nSPS) is 19.1. The van der Waals surface area contributed by atoms with Crippen LogP contribution >= 0.6 is 0 Å². The number of allylic oxidation sites excluding steroid dienone is 4. The van der Waals surface area contributed by atoms with Crippen molar-refractivity contribution >= 4 is 11.4 Å². The van der Waals surface area contributed by atoms with Crippen LogP contribution in [0.15, 0.2) is 29.4 Å². The van der Waals surface area contributed by atoms with Crippen LogP contribution in [0.1, 0.15) is 107 Å². The van der Waals surface area contributed by atoms with E-state index in [0.29, 0.717) is 5.75 Å². The maximum Gasteiger partial charge on any atom is 0.167 e. The zero-order valence-corrected chi connectivity index (χ0v) is 22.2. The molecule has 31 heavy (non-hydrogen) atoms. The minimum atomic E-state index is -0.225. The van der Waals surface area contributed by atoms with Gasteiger partial charge in [-0.25, -0.2) is 0 Å². The number of phenols is 1. The third-order valence-electron chi connectivity index (χ3n) is 6.31. The molecule has 0 saturated carbocycles. The molecule has 0 saturated heterocycles. The molecule has 0 radical (unpaired) electrons. The molecule has 0 heterocycles. The molecule has 0 bridgehead atoms. The van der Waals surface area contributed by atoms with Crippen molar-refractivity contribution in [2.75, 3.05) is 0 Å². The molecule has 0 aromatic heterocycles. The second-order valence-corrected chi connectivity index (χ2v) is 13.5. The van der Waals surface area contributed by atoms with Crippen LogP contribution in [0.4, 0.5) is 0 Å². The molecule has 172 valence electrons. The molecule has 1 aromatic rings. The van der Waals surface area contributed by atoms with Crippen molar-refractivity contribution in [2.45, 2.75) is 101 Å². The topological polar surface area (TPSA) is 37.3 Å². The Morgan fingerprint density at radius 2 is 1.16 bits per heavy atom. The molecule has 0 spiro atoms. The van der Waals surface area contributed by atoms with Crippen LogP contribution < -0.4 is 0 Å². The van der Waals surface area contributed by atoms with Crippen molar-refractivity contribution in [3.8, 4) is 5.75 Å². The van der Waals surface area contributed by atoms with E-state index in [-0.39, 0.29) is 33.4 Å². The van der Waals surface area contributed by atoms with Crippen LogP contribution in [0.5, 0.6) is 5.75 Å². The van der Waals surface area contributed by atoms with E-state index in [1.165, 1.54) is 0 Å². The summed E-state index contributed by atoms with van der Waals surface area (Å²) in [6.45, 7) is 27.7. The Balaban J connectivity index is 2.98. The first-order valence-electron chi connectivity index (χ1n) is 11.5. The molecule has 0 aliphatic heterocycles. The second kappa shape index (κ2) is 7.64. The van der Waals surface area contributed by atoms with Crippen molar-refractivity contribution in [1.82, 2.24) is 0 Å². The van der Waals surface area contributed by atoms with E-state index in [1.807, 2.05) is 0 Å². The average Bonchev–Trinajstić information content (AvgIpc) is 2.52. The molecule has 1 N–H and O–H groups in total. The van der Waals surface area contributed by atoms with Gasteiger partial charge in [0.1, 0.15) is 5.75 Å². The van der Waals surface area contributed by atoms with Crippen LogP contribution in [-0.4, -0.2) is 10.9 Å². The molecule has 1 aliphatic carbocycles. The molecule has 1 atom stereocenters. The first-order chi connectivity index (χ1) is 13.7. The van der Waals surface area contributed by atoms with Crippen LogP contribution in [0, 0.1) is 16.7 Å². The van der Waals surface area contributed by atoms with E-state index in [0.717, 1.165) is 33.4 Å². The predicted octanol–water partition coefficient (Wildman–Crippen LogP) is 7.98.